The van der Waals surface area contributed by atoms with Crippen molar-refractivity contribution < 1.29 is 72.4 Å². The molecule has 21 nitrogen and oxygen atoms in total. The third kappa shape index (κ3) is 23.6. The van der Waals surface area contributed by atoms with E-state index in [2.05, 4.69) is 31.6 Å². The van der Waals surface area contributed by atoms with Gasteiger partial charge in [0, 0.05) is 98.7 Å². The smallest absolute Gasteiger partial charge is 0.305 e. The molecule has 1 aromatic heterocycles. The Bertz CT molecular complexity index is 2480. The molecule has 0 bridgehead atoms. The van der Waals surface area contributed by atoms with Crippen molar-refractivity contribution in [3.8, 4) is 0 Å². The lowest BCUT2D eigenvalue weighted by Gasteiger charge is -2.24. The highest BCUT2D eigenvalue weighted by molar-refractivity contribution is 5.97. The summed E-state index contributed by atoms with van der Waals surface area (Å²) in [4.78, 5) is 145. The van der Waals surface area contributed by atoms with E-state index in [0.29, 0.717) is 36.8 Å². The summed E-state index contributed by atoms with van der Waals surface area (Å²) in [6.45, 7) is 0.253. The number of halogens is 1. The van der Waals surface area contributed by atoms with Crippen molar-refractivity contribution in [3.05, 3.63) is 71.7 Å². The highest BCUT2D eigenvalue weighted by atomic mass is 19.1. The number of carboxylic acid groups (broad SMARTS) is 3. The molecule has 4 amide bonds. The largest absolute Gasteiger partial charge is 0.481 e. The predicted molar refractivity (Wildman–Crippen MR) is 277 cm³/mol. The number of aromatic nitrogens is 1. The molecule has 76 heavy (non-hydrogen) atoms. The van der Waals surface area contributed by atoms with Crippen LogP contribution in [0.2, 0.25) is 0 Å². The van der Waals surface area contributed by atoms with Gasteiger partial charge in [-0.1, -0.05) is 43.2 Å². The quantitative estimate of drug-likeness (QED) is 0.0364. The standard InChI is InChI=1S/C54H74FN7O14/c1-57-21-9-7-12-34(51(56)73)25-40(63)14-4-3-8-22-59-52(74)35(17-19-48(67)68)29-47(66)45(27-38-31-60-43-16-6-5-15-42(38)43)62-54(76)37(23-33-11-10-13-39(55)24-33)26-41(64)32-61-53(75)36(18-20-49(69)70)28-46(65)44(58-2)30-50(71)72/h5-6,10-11,13,15-16,24,31,34-37,44-45,57-58,60H,3-4,7-9,12,14,17-23,25-30,32H2,1-2H3,(H2,56,73)(H,59,74)(H,61,75)(H,62,76)(H,67,68)(H,69,70)(H,71,72)/t34-,35-,36-,37-,44-,45+/m1/s1. The van der Waals surface area contributed by atoms with Crippen LogP contribution in [0.1, 0.15) is 114 Å². The molecule has 0 spiro atoms. The number of unbranched alkanes of at least 4 members (excludes halogenated alkanes) is 3. The molecular weight excluding hydrogens is 990 g/mol. The van der Waals surface area contributed by atoms with Gasteiger partial charge in [-0.05, 0) is 94.9 Å². The van der Waals surface area contributed by atoms with Crippen molar-refractivity contribution >= 4 is 75.6 Å². The van der Waals surface area contributed by atoms with Crippen molar-refractivity contribution in [1.82, 2.24) is 31.6 Å². The maximum absolute atomic E-state index is 14.5. The van der Waals surface area contributed by atoms with Crippen LogP contribution in [0, 0.1) is 29.5 Å². The van der Waals surface area contributed by atoms with Gasteiger partial charge >= 0.3 is 17.9 Å². The zero-order valence-corrected chi connectivity index (χ0v) is 43.3. The number of carbonyl (C=O) groups excluding carboxylic acids is 8. The second kappa shape index (κ2) is 33.7. The number of ketones is 4. The molecule has 1 heterocycles. The van der Waals surface area contributed by atoms with Crippen LogP contribution >= 0.6 is 0 Å². The minimum Gasteiger partial charge on any atom is -0.481 e. The predicted octanol–water partition coefficient (Wildman–Crippen LogP) is 3.34. The van der Waals surface area contributed by atoms with Gasteiger partial charge in [0.2, 0.25) is 23.6 Å². The average Bonchev–Trinajstić information content (AvgIpc) is 3.78. The van der Waals surface area contributed by atoms with E-state index in [1.54, 1.807) is 30.5 Å². The number of nitrogens with two attached hydrogens (primary N) is 1. The van der Waals surface area contributed by atoms with E-state index in [1.165, 1.54) is 25.2 Å². The van der Waals surface area contributed by atoms with Gasteiger partial charge in [-0.2, -0.15) is 0 Å². The number of nitrogens with one attached hydrogen (secondary N) is 6. The van der Waals surface area contributed by atoms with Gasteiger partial charge in [-0.15, -0.1) is 0 Å². The highest BCUT2D eigenvalue weighted by Gasteiger charge is 2.33. The van der Waals surface area contributed by atoms with Crippen molar-refractivity contribution in [2.24, 2.45) is 29.4 Å². The fraction of sp³-hybridized carbons (Fsp3) is 0.537. The van der Waals surface area contributed by atoms with Crippen LogP contribution in [0.4, 0.5) is 4.39 Å². The number of Topliss-reactive ketones (excluding diaryl/α,β-unsaturated/α-hetero) is 4. The van der Waals surface area contributed by atoms with Crippen LogP contribution in [0.5, 0.6) is 0 Å². The van der Waals surface area contributed by atoms with Crippen LogP contribution in [-0.2, 0) is 65.6 Å². The zero-order valence-electron chi connectivity index (χ0n) is 43.3. The molecule has 416 valence electrons. The number of benzene rings is 2. The summed E-state index contributed by atoms with van der Waals surface area (Å²) in [5.41, 5.74) is 7.18. The number of H-pyrrole nitrogens is 1. The van der Waals surface area contributed by atoms with Crippen LogP contribution in [0.3, 0.4) is 0 Å². The van der Waals surface area contributed by atoms with Crippen molar-refractivity contribution in [3.63, 3.8) is 0 Å². The number of fused-ring (bicyclic) bond motifs is 1. The number of carbonyl (C=O) groups is 11. The number of amides is 4. The first kappa shape index (κ1) is 63.1. The van der Waals surface area contributed by atoms with E-state index in [0.717, 1.165) is 36.4 Å². The van der Waals surface area contributed by atoms with Crippen molar-refractivity contribution in [1.29, 1.82) is 0 Å². The van der Waals surface area contributed by atoms with E-state index in [-0.39, 0.29) is 50.9 Å². The monoisotopic (exact) mass is 1060 g/mol. The Balaban J connectivity index is 1.80. The fourth-order valence-electron chi connectivity index (χ4n) is 8.90. The Hall–Kier alpha value is -7.20. The molecule has 6 atom stereocenters. The Morgan fingerprint density at radius 3 is 1.84 bits per heavy atom. The maximum Gasteiger partial charge on any atom is 0.305 e. The second-order valence-electron chi connectivity index (χ2n) is 19.2. The molecule has 0 fully saturated rings. The number of aliphatic carboxylic acids is 3. The summed E-state index contributed by atoms with van der Waals surface area (Å²) < 4.78 is 14.5. The van der Waals surface area contributed by atoms with Gasteiger partial charge in [0.15, 0.2) is 17.3 Å². The molecular formula is C54H74FN7O14. The highest BCUT2D eigenvalue weighted by Crippen LogP contribution is 2.24. The van der Waals surface area contributed by atoms with Gasteiger partial charge in [0.05, 0.1) is 25.0 Å². The van der Waals surface area contributed by atoms with E-state index in [4.69, 9.17) is 5.73 Å². The first-order chi connectivity index (χ1) is 36.2. The first-order valence-electron chi connectivity index (χ1n) is 25.7. The number of rotatable bonds is 41. The molecule has 11 N–H and O–H groups in total. The Labute approximate surface area is 440 Å². The summed E-state index contributed by atoms with van der Waals surface area (Å²) in [6.07, 6.45) is 1.50. The molecule has 22 heteroatoms. The summed E-state index contributed by atoms with van der Waals surface area (Å²) >= 11 is 0. The lowest BCUT2D eigenvalue weighted by Crippen LogP contribution is -2.47. The van der Waals surface area contributed by atoms with Crippen LogP contribution in [0.15, 0.2) is 54.7 Å². The molecule has 2 aromatic carbocycles. The maximum atomic E-state index is 14.5. The number of primary amides is 1. The number of aromatic amines is 1. The normalized spacial score (nSPS) is 13.6. The third-order valence-electron chi connectivity index (χ3n) is 13.2. The minimum atomic E-state index is -1.34. The average molecular weight is 1060 g/mol. The van der Waals surface area contributed by atoms with Gasteiger partial charge in [0.1, 0.15) is 11.6 Å². The van der Waals surface area contributed by atoms with E-state index < -0.39 is 146 Å². The van der Waals surface area contributed by atoms with E-state index in [9.17, 15) is 72.4 Å². The molecule has 0 aliphatic rings. The Morgan fingerprint density at radius 2 is 1.22 bits per heavy atom. The molecule has 0 saturated carbocycles. The van der Waals surface area contributed by atoms with E-state index >= 15 is 0 Å². The third-order valence-corrected chi connectivity index (χ3v) is 13.2. The molecule has 0 radical (unpaired) electrons. The van der Waals surface area contributed by atoms with Crippen LogP contribution in [-0.4, -0.2) is 131 Å². The summed E-state index contributed by atoms with van der Waals surface area (Å²) in [5.74, 6) is -13.5. The molecule has 3 rings (SSSR count). The number of hydrogen-bond donors (Lipinski definition) is 10. The molecule has 0 aliphatic heterocycles. The number of hydrogen-bond acceptors (Lipinski definition) is 13. The molecule has 0 aliphatic carbocycles. The topological polar surface area (TPSA) is 350 Å². The van der Waals surface area contributed by atoms with Gasteiger partial charge in [0.25, 0.3) is 0 Å². The lowest BCUT2D eigenvalue weighted by molar-refractivity contribution is -0.140. The van der Waals surface area contributed by atoms with E-state index in [1.807, 2.05) is 7.05 Å². The summed E-state index contributed by atoms with van der Waals surface area (Å²) in [7, 11) is 3.18. The van der Waals surface area contributed by atoms with Gasteiger partial charge in [-0.3, -0.25) is 52.7 Å². The van der Waals surface area contributed by atoms with Crippen LogP contribution < -0.4 is 32.3 Å². The number of para-hydroxylation sites is 1. The Morgan fingerprint density at radius 1 is 0.592 bits per heavy atom. The SMILES string of the molecule is CNCCCC[C@H](CC(=O)CCCCCNC(=O)[C@H](CCC(=O)O)CC(=O)[C@H](Cc1c[nH]c2ccccc12)NC(=O)[C@@H](CC(=O)CNC(=O)[C@H](CCC(=O)O)CC(=O)[C@@H](CC(=O)O)NC)Cc1cccc(F)c1)C(N)=O. The van der Waals surface area contributed by atoms with Crippen LogP contribution in [0.25, 0.3) is 10.9 Å². The van der Waals surface area contributed by atoms with Crippen molar-refractivity contribution in [2.45, 2.75) is 128 Å². The number of carboxylic acids is 3. The molecule has 0 unspecified atom stereocenters. The van der Waals surface area contributed by atoms with Gasteiger partial charge < -0.3 is 52.6 Å². The first-order valence-corrected chi connectivity index (χ1v) is 25.7. The molecule has 3 aromatic rings. The lowest BCUT2D eigenvalue weighted by atomic mass is 9.89. The second-order valence-corrected chi connectivity index (χ2v) is 19.2. The summed E-state index contributed by atoms with van der Waals surface area (Å²) in [6, 6.07) is 9.93. The zero-order chi connectivity index (χ0) is 56.2. The fourth-order valence-corrected chi connectivity index (χ4v) is 8.90. The van der Waals surface area contributed by atoms with Crippen molar-refractivity contribution in [2.75, 3.05) is 33.7 Å². The molecule has 0 saturated heterocycles. The Kier molecular flexibility index (Phi) is 27.9. The van der Waals surface area contributed by atoms with Gasteiger partial charge in [-0.25, -0.2) is 4.39 Å². The number of likely N-dealkylation sites (N-methyl/N-ethyl adjacent to an activating group) is 1. The minimum absolute atomic E-state index is 0.0566. The summed E-state index contributed by atoms with van der Waals surface area (Å²) in [5, 5.41) is 42.3.